The van der Waals surface area contributed by atoms with E-state index < -0.39 is 9.84 Å². The van der Waals surface area contributed by atoms with Gasteiger partial charge in [-0.15, -0.1) is 11.3 Å². The Bertz CT molecular complexity index is 676. The fourth-order valence-electron chi connectivity index (χ4n) is 2.53. The van der Waals surface area contributed by atoms with Gasteiger partial charge in [0.2, 0.25) is 0 Å². The van der Waals surface area contributed by atoms with Gasteiger partial charge in [0, 0.05) is 30.1 Å². The van der Waals surface area contributed by atoms with Crippen LogP contribution < -0.4 is 10.6 Å². The van der Waals surface area contributed by atoms with Gasteiger partial charge in [0.1, 0.15) is 14.8 Å². The molecule has 8 heteroatoms. The molecule has 0 aromatic carbocycles. The third-order valence-electron chi connectivity index (χ3n) is 4.03. The Labute approximate surface area is 149 Å². The van der Waals surface area contributed by atoms with Crippen LogP contribution in [0, 0.1) is 5.41 Å². The van der Waals surface area contributed by atoms with Crippen molar-refractivity contribution < 1.29 is 8.42 Å². The maximum atomic E-state index is 11.5. The normalized spacial score (nSPS) is 17.1. The number of hydrogen-bond acceptors (Lipinski definition) is 5. The molecule has 1 aromatic heterocycles. The second-order valence-corrected chi connectivity index (χ2v) is 10.0. The zero-order valence-electron chi connectivity index (χ0n) is 14.9. The maximum absolute atomic E-state index is 11.5. The smallest absolute Gasteiger partial charge is 0.191 e. The second kappa shape index (κ2) is 7.82. The van der Waals surface area contributed by atoms with E-state index in [1.54, 1.807) is 11.3 Å². The van der Waals surface area contributed by atoms with E-state index in [1.807, 2.05) is 6.92 Å². The lowest BCUT2D eigenvalue weighted by Gasteiger charge is -2.17. The zero-order chi connectivity index (χ0) is 17.8. The molecule has 136 valence electrons. The predicted molar refractivity (Wildman–Crippen MR) is 100 cm³/mol. The quantitative estimate of drug-likeness (QED) is 0.540. The van der Waals surface area contributed by atoms with Crippen LogP contribution in [0.2, 0.25) is 0 Å². The standard InChI is InChI=1S/C16H28N4O2S2/c1-5-17-15(18-8-14-20-13(9-23-14)12(2)3)19-10-16(6-7-16)11-24(4,21)22/h9,12H,5-8,10-11H2,1-4H3,(H2,17,18,19). The van der Waals surface area contributed by atoms with Crippen molar-refractivity contribution in [3.8, 4) is 0 Å². The second-order valence-electron chi connectivity index (χ2n) is 6.94. The van der Waals surface area contributed by atoms with Crippen molar-refractivity contribution in [1.29, 1.82) is 0 Å². The van der Waals surface area contributed by atoms with E-state index in [9.17, 15) is 8.42 Å². The Morgan fingerprint density at radius 3 is 2.62 bits per heavy atom. The Balaban J connectivity index is 1.93. The van der Waals surface area contributed by atoms with Gasteiger partial charge < -0.3 is 10.6 Å². The van der Waals surface area contributed by atoms with Gasteiger partial charge in [-0.1, -0.05) is 13.8 Å². The van der Waals surface area contributed by atoms with Gasteiger partial charge in [0.05, 0.1) is 18.0 Å². The Hall–Kier alpha value is -1.15. The lowest BCUT2D eigenvalue weighted by atomic mass is 10.1. The molecule has 1 aliphatic carbocycles. The number of hydrogen-bond donors (Lipinski definition) is 2. The summed E-state index contributed by atoms with van der Waals surface area (Å²) in [4.78, 5) is 9.16. The van der Waals surface area contributed by atoms with Crippen molar-refractivity contribution in [2.45, 2.75) is 46.1 Å². The van der Waals surface area contributed by atoms with Crippen LogP contribution >= 0.6 is 11.3 Å². The molecule has 24 heavy (non-hydrogen) atoms. The molecule has 1 aromatic rings. The fourth-order valence-corrected chi connectivity index (χ4v) is 4.91. The van der Waals surface area contributed by atoms with Crippen LogP contribution in [-0.2, 0) is 16.4 Å². The highest BCUT2D eigenvalue weighted by atomic mass is 32.2. The largest absolute Gasteiger partial charge is 0.357 e. The van der Waals surface area contributed by atoms with E-state index in [2.05, 4.69) is 39.8 Å². The highest BCUT2D eigenvalue weighted by molar-refractivity contribution is 7.90. The molecule has 0 amide bonds. The first-order chi connectivity index (χ1) is 11.2. The molecule has 0 saturated heterocycles. The van der Waals surface area contributed by atoms with Crippen molar-refractivity contribution in [2.24, 2.45) is 10.4 Å². The molecule has 0 atom stereocenters. The number of rotatable bonds is 8. The highest BCUT2D eigenvalue weighted by Gasteiger charge is 2.45. The number of aliphatic imine (C=N–C) groups is 1. The summed E-state index contributed by atoms with van der Waals surface area (Å²) in [6.45, 7) is 8.21. The summed E-state index contributed by atoms with van der Waals surface area (Å²) in [5.41, 5.74) is 0.990. The van der Waals surface area contributed by atoms with Crippen LogP contribution in [0.4, 0.5) is 0 Å². The molecular formula is C16H28N4O2S2. The van der Waals surface area contributed by atoms with Gasteiger partial charge in [-0.25, -0.2) is 18.4 Å². The van der Waals surface area contributed by atoms with Gasteiger partial charge in [-0.2, -0.15) is 0 Å². The fraction of sp³-hybridized carbons (Fsp3) is 0.750. The van der Waals surface area contributed by atoms with Crippen molar-refractivity contribution in [1.82, 2.24) is 15.6 Å². The van der Waals surface area contributed by atoms with Crippen LogP contribution in [0.3, 0.4) is 0 Å². The van der Waals surface area contributed by atoms with Crippen LogP contribution in [0.5, 0.6) is 0 Å². The molecule has 0 aliphatic heterocycles. The summed E-state index contributed by atoms with van der Waals surface area (Å²) >= 11 is 1.63. The Morgan fingerprint density at radius 1 is 1.42 bits per heavy atom. The number of thiazole rings is 1. The van der Waals surface area contributed by atoms with E-state index in [0.717, 1.165) is 36.0 Å². The minimum absolute atomic E-state index is 0.115. The summed E-state index contributed by atoms with van der Waals surface area (Å²) in [5, 5.41) is 9.59. The van der Waals surface area contributed by atoms with Gasteiger partial charge in [0.25, 0.3) is 0 Å². The monoisotopic (exact) mass is 372 g/mol. The molecule has 2 N–H and O–H groups in total. The number of nitrogens with one attached hydrogen (secondary N) is 2. The summed E-state index contributed by atoms with van der Waals surface area (Å²) < 4.78 is 23.1. The zero-order valence-corrected chi connectivity index (χ0v) is 16.6. The minimum atomic E-state index is -2.95. The molecule has 0 spiro atoms. The topological polar surface area (TPSA) is 83.4 Å². The first-order valence-corrected chi connectivity index (χ1v) is 11.3. The molecular weight excluding hydrogens is 344 g/mol. The number of nitrogens with zero attached hydrogens (tertiary/aromatic N) is 2. The summed E-state index contributed by atoms with van der Waals surface area (Å²) in [7, 11) is -2.95. The van der Waals surface area contributed by atoms with Gasteiger partial charge in [-0.05, 0) is 25.7 Å². The van der Waals surface area contributed by atoms with Gasteiger partial charge >= 0.3 is 0 Å². The van der Waals surface area contributed by atoms with Gasteiger partial charge in [0.15, 0.2) is 5.96 Å². The van der Waals surface area contributed by atoms with E-state index in [1.165, 1.54) is 6.26 Å². The molecule has 0 radical (unpaired) electrons. The van der Waals surface area contributed by atoms with Crippen LogP contribution in [0.15, 0.2) is 10.4 Å². The third kappa shape index (κ3) is 6.05. The molecule has 1 fully saturated rings. The molecule has 0 bridgehead atoms. The number of guanidine groups is 1. The van der Waals surface area contributed by atoms with Crippen LogP contribution in [-0.4, -0.2) is 44.5 Å². The van der Waals surface area contributed by atoms with E-state index in [-0.39, 0.29) is 11.2 Å². The Kier molecular flexibility index (Phi) is 6.25. The maximum Gasteiger partial charge on any atom is 0.191 e. The molecule has 6 nitrogen and oxygen atoms in total. The molecule has 1 heterocycles. The lowest BCUT2D eigenvalue weighted by molar-refractivity contribution is 0.529. The average Bonchev–Trinajstić information content (AvgIpc) is 3.05. The van der Waals surface area contributed by atoms with Crippen molar-refractivity contribution in [3.63, 3.8) is 0 Å². The predicted octanol–water partition coefficient (Wildman–Crippen LogP) is 2.15. The van der Waals surface area contributed by atoms with E-state index >= 15 is 0 Å². The molecule has 2 rings (SSSR count). The average molecular weight is 373 g/mol. The number of aromatic nitrogens is 1. The summed E-state index contributed by atoms with van der Waals surface area (Å²) in [6.07, 6.45) is 3.22. The third-order valence-corrected chi connectivity index (χ3v) is 6.02. The van der Waals surface area contributed by atoms with Gasteiger partial charge in [-0.3, -0.25) is 0 Å². The molecule has 1 saturated carbocycles. The number of sulfone groups is 1. The van der Waals surface area contributed by atoms with Crippen molar-refractivity contribution >= 4 is 27.1 Å². The summed E-state index contributed by atoms with van der Waals surface area (Å²) in [6, 6.07) is 0. The summed E-state index contributed by atoms with van der Waals surface area (Å²) in [5.74, 6) is 1.39. The first kappa shape index (κ1) is 19.2. The SMILES string of the molecule is CCNC(=NCc1nc(C(C)C)cs1)NCC1(CS(C)(=O)=O)CC1. The van der Waals surface area contributed by atoms with Crippen LogP contribution in [0.25, 0.3) is 0 Å². The lowest BCUT2D eigenvalue weighted by Crippen LogP contribution is -2.41. The Morgan fingerprint density at radius 2 is 2.12 bits per heavy atom. The van der Waals surface area contributed by atoms with Crippen molar-refractivity contribution in [3.05, 3.63) is 16.1 Å². The van der Waals surface area contributed by atoms with E-state index in [4.69, 9.17) is 0 Å². The highest BCUT2D eigenvalue weighted by Crippen LogP contribution is 2.45. The molecule has 1 aliphatic rings. The minimum Gasteiger partial charge on any atom is -0.357 e. The van der Waals surface area contributed by atoms with Crippen molar-refractivity contribution in [2.75, 3.05) is 25.1 Å². The first-order valence-electron chi connectivity index (χ1n) is 8.37. The van der Waals surface area contributed by atoms with E-state index in [0.29, 0.717) is 19.0 Å². The molecule has 0 unspecified atom stereocenters. The van der Waals surface area contributed by atoms with Crippen LogP contribution in [0.1, 0.15) is 50.2 Å².